The average molecular weight is 314 g/mol. The van der Waals surface area contributed by atoms with Gasteiger partial charge in [0.1, 0.15) is 5.82 Å². The topological polar surface area (TPSA) is 81.4 Å². The van der Waals surface area contributed by atoms with Crippen LogP contribution in [0.5, 0.6) is 0 Å². The smallest absolute Gasteiger partial charge is 0.356 e. The van der Waals surface area contributed by atoms with Crippen LogP contribution in [-0.2, 0) is 22.5 Å². The van der Waals surface area contributed by atoms with Gasteiger partial charge >= 0.3 is 11.9 Å². The first kappa shape index (κ1) is 15.3. The van der Waals surface area contributed by atoms with E-state index in [2.05, 4.69) is 4.98 Å². The third-order valence-electron chi connectivity index (χ3n) is 4.25. The molecule has 0 spiro atoms. The van der Waals surface area contributed by atoms with Gasteiger partial charge in [-0.1, -0.05) is 29.8 Å². The highest BCUT2D eigenvalue weighted by Crippen LogP contribution is 2.30. The van der Waals surface area contributed by atoms with Crippen LogP contribution < -0.4 is 0 Å². The van der Waals surface area contributed by atoms with E-state index in [4.69, 9.17) is 4.74 Å². The molecule has 2 aromatic rings. The summed E-state index contributed by atoms with van der Waals surface area (Å²) in [7, 11) is 1.37. The molecule has 1 aliphatic rings. The molecule has 0 saturated carbocycles. The van der Waals surface area contributed by atoms with Crippen LogP contribution in [0.1, 0.15) is 28.2 Å². The number of hydrogen-bond acceptors (Lipinski definition) is 4. The van der Waals surface area contributed by atoms with Crippen molar-refractivity contribution < 1.29 is 19.4 Å². The van der Waals surface area contributed by atoms with Crippen molar-refractivity contribution in [2.45, 2.75) is 26.3 Å². The SMILES string of the molecule is COC(=O)C1CCc2c(C(=O)O)nc(-c3ccc(C)cc3)n2C1. The third-order valence-corrected chi connectivity index (χ3v) is 4.25. The van der Waals surface area contributed by atoms with E-state index in [9.17, 15) is 14.7 Å². The van der Waals surface area contributed by atoms with Crippen molar-refractivity contribution in [2.75, 3.05) is 7.11 Å². The minimum Gasteiger partial charge on any atom is -0.476 e. The van der Waals surface area contributed by atoms with Crippen molar-refractivity contribution >= 4 is 11.9 Å². The molecule has 1 aliphatic heterocycles. The van der Waals surface area contributed by atoms with Crippen LogP contribution in [0.25, 0.3) is 11.4 Å². The molecular formula is C17H18N2O4. The Labute approximate surface area is 133 Å². The molecule has 0 bridgehead atoms. The molecule has 1 aromatic heterocycles. The number of carboxylic acids is 1. The Morgan fingerprint density at radius 3 is 2.61 bits per heavy atom. The molecule has 120 valence electrons. The fraction of sp³-hybridized carbons (Fsp3) is 0.353. The van der Waals surface area contributed by atoms with Crippen molar-refractivity contribution in [3.63, 3.8) is 0 Å². The lowest BCUT2D eigenvalue weighted by molar-refractivity contribution is -0.146. The van der Waals surface area contributed by atoms with Gasteiger partial charge in [0.25, 0.3) is 0 Å². The van der Waals surface area contributed by atoms with Crippen LogP contribution >= 0.6 is 0 Å². The van der Waals surface area contributed by atoms with Crippen LogP contribution in [0.2, 0.25) is 0 Å². The lowest BCUT2D eigenvalue weighted by atomic mass is 9.97. The summed E-state index contributed by atoms with van der Waals surface area (Å²) in [6.07, 6.45) is 1.08. The van der Waals surface area contributed by atoms with Crippen LogP contribution in [0.3, 0.4) is 0 Å². The zero-order valence-corrected chi connectivity index (χ0v) is 13.1. The summed E-state index contributed by atoms with van der Waals surface area (Å²) in [4.78, 5) is 27.6. The number of benzene rings is 1. The van der Waals surface area contributed by atoms with Gasteiger partial charge in [-0.25, -0.2) is 9.78 Å². The predicted octanol–water partition coefficient (Wildman–Crippen LogP) is 2.29. The number of carbonyl (C=O) groups is 2. The molecule has 1 aromatic carbocycles. The van der Waals surface area contributed by atoms with E-state index >= 15 is 0 Å². The van der Waals surface area contributed by atoms with Gasteiger partial charge < -0.3 is 14.4 Å². The molecule has 6 heteroatoms. The van der Waals surface area contributed by atoms with Crippen LogP contribution in [0.4, 0.5) is 0 Å². The number of ether oxygens (including phenoxy) is 1. The van der Waals surface area contributed by atoms with Crippen LogP contribution in [0.15, 0.2) is 24.3 Å². The lowest BCUT2D eigenvalue weighted by Gasteiger charge is -2.24. The number of fused-ring (bicyclic) bond motifs is 1. The monoisotopic (exact) mass is 314 g/mol. The summed E-state index contributed by atoms with van der Waals surface area (Å²) in [6, 6.07) is 7.74. The van der Waals surface area contributed by atoms with Crippen molar-refractivity contribution in [1.29, 1.82) is 0 Å². The summed E-state index contributed by atoms with van der Waals surface area (Å²) in [5, 5.41) is 9.40. The molecule has 0 aliphatic carbocycles. The molecule has 2 heterocycles. The van der Waals surface area contributed by atoms with E-state index in [-0.39, 0.29) is 17.6 Å². The predicted molar refractivity (Wildman–Crippen MR) is 83.2 cm³/mol. The van der Waals surface area contributed by atoms with Gasteiger partial charge in [0, 0.05) is 12.1 Å². The zero-order valence-electron chi connectivity index (χ0n) is 13.1. The Balaban J connectivity index is 2.08. The number of hydrogen-bond donors (Lipinski definition) is 1. The number of methoxy groups -OCH3 is 1. The highest BCUT2D eigenvalue weighted by Gasteiger charge is 2.31. The first-order valence-corrected chi connectivity index (χ1v) is 7.48. The number of carboxylic acid groups (broad SMARTS) is 1. The molecule has 1 N–H and O–H groups in total. The van der Waals surface area contributed by atoms with E-state index in [1.165, 1.54) is 7.11 Å². The van der Waals surface area contributed by atoms with Gasteiger partial charge in [-0.3, -0.25) is 4.79 Å². The number of esters is 1. The fourth-order valence-electron chi connectivity index (χ4n) is 3.01. The normalized spacial score (nSPS) is 16.7. The second-order valence-electron chi connectivity index (χ2n) is 5.77. The van der Waals surface area contributed by atoms with Crippen molar-refractivity contribution in [1.82, 2.24) is 9.55 Å². The summed E-state index contributed by atoms with van der Waals surface area (Å²) in [5.41, 5.74) is 2.71. The number of aromatic carboxylic acids is 1. The van der Waals surface area contributed by atoms with Gasteiger partial charge in [-0.05, 0) is 19.8 Å². The Morgan fingerprint density at radius 2 is 2.00 bits per heavy atom. The maximum absolute atomic E-state index is 11.8. The molecule has 1 unspecified atom stereocenters. The highest BCUT2D eigenvalue weighted by atomic mass is 16.5. The van der Waals surface area contributed by atoms with Crippen molar-refractivity contribution in [3.8, 4) is 11.4 Å². The molecule has 0 fully saturated rings. The molecule has 0 amide bonds. The first-order valence-electron chi connectivity index (χ1n) is 7.48. The molecule has 23 heavy (non-hydrogen) atoms. The van der Waals surface area contributed by atoms with Crippen LogP contribution in [-0.4, -0.2) is 33.7 Å². The summed E-state index contributed by atoms with van der Waals surface area (Å²) in [5.74, 6) is -0.988. The molecule has 1 atom stereocenters. The molecule has 0 saturated heterocycles. The second kappa shape index (κ2) is 5.87. The average Bonchev–Trinajstić information content (AvgIpc) is 2.94. The first-order chi connectivity index (χ1) is 11.0. The Kier molecular flexibility index (Phi) is 3.90. The molecular weight excluding hydrogens is 296 g/mol. The van der Waals surface area contributed by atoms with Crippen molar-refractivity contribution in [3.05, 3.63) is 41.2 Å². The van der Waals surface area contributed by atoms with Gasteiger partial charge in [0.15, 0.2) is 5.69 Å². The largest absolute Gasteiger partial charge is 0.476 e. The number of imidazole rings is 1. The standard InChI is InChI=1S/C17H18N2O4/c1-10-3-5-11(6-4-10)15-18-14(16(20)21)13-8-7-12(9-19(13)15)17(22)23-2/h3-6,12H,7-9H2,1-2H3,(H,20,21). The maximum atomic E-state index is 11.8. The summed E-state index contributed by atoms with van der Waals surface area (Å²) < 4.78 is 6.68. The summed E-state index contributed by atoms with van der Waals surface area (Å²) >= 11 is 0. The minimum absolute atomic E-state index is 0.0730. The maximum Gasteiger partial charge on any atom is 0.356 e. The highest BCUT2D eigenvalue weighted by molar-refractivity contribution is 5.88. The molecule has 0 radical (unpaired) electrons. The van der Waals surface area contributed by atoms with Gasteiger partial charge in [0.2, 0.25) is 0 Å². The van der Waals surface area contributed by atoms with Gasteiger partial charge in [-0.15, -0.1) is 0 Å². The van der Waals surface area contributed by atoms with Crippen LogP contribution in [0, 0.1) is 12.8 Å². The van der Waals surface area contributed by atoms with E-state index in [1.807, 2.05) is 35.8 Å². The zero-order chi connectivity index (χ0) is 16.6. The van der Waals surface area contributed by atoms with Crippen molar-refractivity contribution in [2.24, 2.45) is 5.92 Å². The Bertz CT molecular complexity index is 762. The Morgan fingerprint density at radius 1 is 1.30 bits per heavy atom. The summed E-state index contributed by atoms with van der Waals surface area (Å²) in [6.45, 7) is 2.38. The number of rotatable bonds is 3. The number of aryl methyl sites for hydroxylation is 1. The van der Waals surface area contributed by atoms with E-state index < -0.39 is 5.97 Å². The van der Waals surface area contributed by atoms with E-state index in [0.29, 0.717) is 30.9 Å². The minimum atomic E-state index is -1.04. The Hall–Kier alpha value is -2.63. The van der Waals surface area contributed by atoms with Gasteiger partial charge in [-0.2, -0.15) is 0 Å². The quantitative estimate of drug-likeness (QED) is 0.879. The lowest BCUT2D eigenvalue weighted by Crippen LogP contribution is -2.28. The second-order valence-corrected chi connectivity index (χ2v) is 5.77. The fourth-order valence-corrected chi connectivity index (χ4v) is 3.01. The number of carbonyl (C=O) groups excluding carboxylic acids is 1. The number of nitrogens with zero attached hydrogens (tertiary/aromatic N) is 2. The van der Waals surface area contributed by atoms with E-state index in [0.717, 1.165) is 11.1 Å². The number of aromatic nitrogens is 2. The third kappa shape index (κ3) is 2.72. The van der Waals surface area contributed by atoms with E-state index in [1.54, 1.807) is 0 Å². The molecule has 3 rings (SSSR count). The van der Waals surface area contributed by atoms with Gasteiger partial charge in [0.05, 0.1) is 18.7 Å². The molecule has 6 nitrogen and oxygen atoms in total.